The summed E-state index contributed by atoms with van der Waals surface area (Å²) in [5.41, 5.74) is 1.80. The summed E-state index contributed by atoms with van der Waals surface area (Å²) in [6.45, 7) is 6.15. The average molecular weight is 343 g/mol. The number of esters is 1. The van der Waals surface area contributed by atoms with E-state index >= 15 is 0 Å². The second-order valence-electron chi connectivity index (χ2n) is 6.15. The first-order chi connectivity index (χ1) is 12.0. The fourth-order valence-electron chi connectivity index (χ4n) is 3.16. The van der Waals surface area contributed by atoms with Crippen molar-refractivity contribution in [1.29, 1.82) is 0 Å². The summed E-state index contributed by atoms with van der Waals surface area (Å²) in [5, 5.41) is 5.42. The number of carbonyl (C=O) groups is 3. The number of amides is 2. The van der Waals surface area contributed by atoms with Gasteiger partial charge < -0.3 is 20.3 Å². The smallest absolute Gasteiger partial charge is 0.338 e. The van der Waals surface area contributed by atoms with Crippen LogP contribution in [0.25, 0.3) is 0 Å². The lowest BCUT2D eigenvalue weighted by Crippen LogP contribution is -2.44. The first kappa shape index (κ1) is 17.0. The van der Waals surface area contributed by atoms with Crippen molar-refractivity contribution in [2.24, 2.45) is 0 Å². The molecule has 0 radical (unpaired) electrons. The monoisotopic (exact) mass is 343 g/mol. The lowest BCUT2D eigenvalue weighted by Gasteiger charge is -2.33. The minimum absolute atomic E-state index is 0.0484. The lowest BCUT2D eigenvalue weighted by atomic mass is 10.1. The Bertz CT molecular complexity index is 731. The van der Waals surface area contributed by atoms with Crippen molar-refractivity contribution in [2.45, 2.75) is 31.9 Å². The molecular formula is C18H21N3O4. The van der Waals surface area contributed by atoms with Gasteiger partial charge in [-0.25, -0.2) is 4.79 Å². The average Bonchev–Trinajstić information content (AvgIpc) is 3.09. The Morgan fingerprint density at radius 3 is 3.08 bits per heavy atom. The molecule has 0 spiro atoms. The third-order valence-corrected chi connectivity index (χ3v) is 4.43. The van der Waals surface area contributed by atoms with Gasteiger partial charge >= 0.3 is 5.97 Å². The van der Waals surface area contributed by atoms with Gasteiger partial charge in [-0.1, -0.05) is 6.08 Å². The van der Waals surface area contributed by atoms with Crippen LogP contribution in [-0.4, -0.2) is 43.0 Å². The molecule has 3 rings (SSSR count). The summed E-state index contributed by atoms with van der Waals surface area (Å²) < 4.78 is 5.19. The molecule has 1 fully saturated rings. The molecule has 0 aromatic heterocycles. The first-order valence-corrected chi connectivity index (χ1v) is 8.32. The van der Waals surface area contributed by atoms with Gasteiger partial charge in [-0.3, -0.25) is 9.59 Å². The van der Waals surface area contributed by atoms with Crippen molar-refractivity contribution in [1.82, 2.24) is 5.32 Å². The fraction of sp³-hybridized carbons (Fsp3) is 0.389. The molecule has 132 valence electrons. The van der Waals surface area contributed by atoms with E-state index in [0.29, 0.717) is 17.8 Å². The third kappa shape index (κ3) is 3.35. The van der Waals surface area contributed by atoms with Crippen molar-refractivity contribution >= 4 is 29.2 Å². The predicted molar refractivity (Wildman–Crippen MR) is 93.5 cm³/mol. The van der Waals surface area contributed by atoms with Crippen molar-refractivity contribution in [3.63, 3.8) is 0 Å². The Morgan fingerprint density at radius 2 is 2.32 bits per heavy atom. The van der Waals surface area contributed by atoms with E-state index in [2.05, 4.69) is 22.1 Å². The summed E-state index contributed by atoms with van der Waals surface area (Å²) >= 11 is 0. The number of benzene rings is 1. The number of fused-ring (bicyclic) bond motifs is 3. The van der Waals surface area contributed by atoms with Gasteiger partial charge in [0, 0.05) is 13.1 Å². The number of carbonyl (C=O) groups excluding carboxylic acids is 3. The van der Waals surface area contributed by atoms with Crippen LogP contribution in [0.5, 0.6) is 0 Å². The Balaban J connectivity index is 1.72. The minimum atomic E-state index is -0.916. The van der Waals surface area contributed by atoms with Crippen molar-refractivity contribution in [2.75, 3.05) is 23.3 Å². The summed E-state index contributed by atoms with van der Waals surface area (Å²) in [6, 6.07) is 4.94. The van der Waals surface area contributed by atoms with Crippen molar-refractivity contribution < 1.29 is 19.1 Å². The number of ether oxygens (including phenoxy) is 1. The van der Waals surface area contributed by atoms with E-state index in [0.717, 1.165) is 25.1 Å². The number of hydrogen-bond acceptors (Lipinski definition) is 5. The molecule has 2 amide bonds. The Labute approximate surface area is 146 Å². The fourth-order valence-corrected chi connectivity index (χ4v) is 3.16. The molecule has 2 aliphatic heterocycles. The SMILES string of the molecule is C=CCNC(=O)[C@@H](C)OC(=O)c1ccc2c(c1)NC(=O)[C@@H]1CCCN21. The normalized spacial score (nSPS) is 19.3. The van der Waals surface area contributed by atoms with Crippen LogP contribution in [0.15, 0.2) is 30.9 Å². The molecule has 2 aliphatic rings. The zero-order valence-corrected chi connectivity index (χ0v) is 14.1. The Morgan fingerprint density at radius 1 is 1.52 bits per heavy atom. The highest BCUT2D eigenvalue weighted by Gasteiger charge is 2.36. The summed E-state index contributed by atoms with van der Waals surface area (Å²) in [4.78, 5) is 38.3. The van der Waals surface area contributed by atoms with Crippen LogP contribution >= 0.6 is 0 Å². The van der Waals surface area contributed by atoms with E-state index in [9.17, 15) is 14.4 Å². The Hall–Kier alpha value is -2.83. The van der Waals surface area contributed by atoms with E-state index in [1.54, 1.807) is 18.2 Å². The van der Waals surface area contributed by atoms with Gasteiger partial charge in [-0.15, -0.1) is 6.58 Å². The summed E-state index contributed by atoms with van der Waals surface area (Å²) in [5.74, 6) is -1.05. The van der Waals surface area contributed by atoms with Gasteiger partial charge in [0.05, 0.1) is 16.9 Å². The summed E-state index contributed by atoms with van der Waals surface area (Å²) in [7, 11) is 0. The van der Waals surface area contributed by atoms with E-state index in [4.69, 9.17) is 4.74 Å². The third-order valence-electron chi connectivity index (χ3n) is 4.43. The van der Waals surface area contributed by atoms with Gasteiger partial charge in [0.25, 0.3) is 5.91 Å². The van der Waals surface area contributed by atoms with Gasteiger partial charge in [0.1, 0.15) is 6.04 Å². The molecule has 1 aromatic carbocycles. The zero-order chi connectivity index (χ0) is 18.0. The summed E-state index contributed by atoms with van der Waals surface area (Å²) in [6.07, 6.45) is 2.44. The van der Waals surface area contributed by atoms with Crippen LogP contribution in [0.1, 0.15) is 30.1 Å². The number of nitrogens with one attached hydrogen (secondary N) is 2. The predicted octanol–water partition coefficient (Wildman–Crippen LogP) is 1.45. The topological polar surface area (TPSA) is 87.7 Å². The molecule has 7 heteroatoms. The first-order valence-electron chi connectivity index (χ1n) is 8.32. The highest BCUT2D eigenvalue weighted by molar-refractivity contribution is 6.05. The van der Waals surface area contributed by atoms with Crippen LogP contribution < -0.4 is 15.5 Å². The molecule has 1 saturated heterocycles. The lowest BCUT2D eigenvalue weighted by molar-refractivity contribution is -0.128. The number of anilines is 2. The Kier molecular flexibility index (Phi) is 4.74. The van der Waals surface area contributed by atoms with Crippen LogP contribution in [0.3, 0.4) is 0 Å². The number of rotatable bonds is 5. The molecule has 0 saturated carbocycles. The molecular weight excluding hydrogens is 322 g/mol. The van der Waals surface area contributed by atoms with Crippen LogP contribution in [0.2, 0.25) is 0 Å². The van der Waals surface area contributed by atoms with Crippen LogP contribution in [0, 0.1) is 0 Å². The molecule has 2 heterocycles. The van der Waals surface area contributed by atoms with E-state index in [1.807, 2.05) is 6.07 Å². The molecule has 0 aliphatic carbocycles. The number of hydrogen-bond donors (Lipinski definition) is 2. The molecule has 25 heavy (non-hydrogen) atoms. The molecule has 0 unspecified atom stereocenters. The van der Waals surface area contributed by atoms with Crippen LogP contribution in [-0.2, 0) is 14.3 Å². The van der Waals surface area contributed by atoms with E-state index in [-0.39, 0.29) is 17.9 Å². The number of nitrogens with zero attached hydrogens (tertiary/aromatic N) is 1. The standard InChI is InChI=1S/C18H21N3O4/c1-3-8-19-16(22)11(2)25-18(24)12-6-7-14-13(10-12)20-17(23)15-5-4-9-21(14)15/h3,6-7,10-11,15H,1,4-5,8-9H2,2H3,(H,19,22)(H,20,23)/t11-,15+/m1/s1. The largest absolute Gasteiger partial charge is 0.449 e. The highest BCUT2D eigenvalue weighted by Crippen LogP contribution is 2.37. The molecule has 2 atom stereocenters. The maximum Gasteiger partial charge on any atom is 0.338 e. The molecule has 0 bridgehead atoms. The molecule has 1 aromatic rings. The van der Waals surface area contributed by atoms with Crippen molar-refractivity contribution in [3.05, 3.63) is 36.4 Å². The second kappa shape index (κ2) is 6.96. The van der Waals surface area contributed by atoms with E-state index < -0.39 is 12.1 Å². The highest BCUT2D eigenvalue weighted by atomic mass is 16.5. The van der Waals surface area contributed by atoms with Gasteiger partial charge in [0.2, 0.25) is 5.91 Å². The quantitative estimate of drug-likeness (QED) is 0.624. The maximum absolute atomic E-state index is 12.3. The van der Waals surface area contributed by atoms with Gasteiger partial charge in [0.15, 0.2) is 6.10 Å². The second-order valence-corrected chi connectivity index (χ2v) is 6.15. The molecule has 7 nitrogen and oxygen atoms in total. The van der Waals surface area contributed by atoms with E-state index in [1.165, 1.54) is 6.92 Å². The zero-order valence-electron chi connectivity index (χ0n) is 14.1. The van der Waals surface area contributed by atoms with Crippen LogP contribution in [0.4, 0.5) is 11.4 Å². The minimum Gasteiger partial charge on any atom is -0.449 e. The van der Waals surface area contributed by atoms with Gasteiger partial charge in [-0.2, -0.15) is 0 Å². The van der Waals surface area contributed by atoms with Crippen molar-refractivity contribution in [3.8, 4) is 0 Å². The maximum atomic E-state index is 12.3. The van der Waals surface area contributed by atoms with Gasteiger partial charge in [-0.05, 0) is 38.0 Å². The molecule has 2 N–H and O–H groups in total.